The summed E-state index contributed by atoms with van der Waals surface area (Å²) in [6.45, 7) is 32.4. The predicted octanol–water partition coefficient (Wildman–Crippen LogP) is 5.10. The van der Waals surface area contributed by atoms with Gasteiger partial charge in [0.25, 0.3) is 0 Å². The Bertz CT molecular complexity index is 250. The summed E-state index contributed by atoms with van der Waals surface area (Å²) in [6, 6.07) is 0. The minimum absolute atomic E-state index is 0.951. The van der Waals surface area contributed by atoms with Crippen molar-refractivity contribution >= 4 is 36.5 Å². The molecule has 0 aliphatic carbocycles. The van der Waals surface area contributed by atoms with Crippen molar-refractivity contribution < 1.29 is 0 Å². The first-order valence-corrected chi connectivity index (χ1v) is 27.0. The Morgan fingerprint density at radius 1 is 0.294 bits per heavy atom. The van der Waals surface area contributed by atoms with Crippen LogP contribution in [0, 0.1) is 0 Å². The standard InChI is InChI=1S/C12H36Si5/c1-13(2,3)15(7,8)17(11,12)16(9,10)14(4,5)6/h1-12H3. The van der Waals surface area contributed by atoms with Crippen molar-refractivity contribution in [1.29, 1.82) is 0 Å². The van der Waals surface area contributed by atoms with E-state index in [4.69, 9.17) is 0 Å². The van der Waals surface area contributed by atoms with Gasteiger partial charge in [-0.2, -0.15) is 0 Å². The molecule has 0 saturated heterocycles. The molecule has 0 bridgehead atoms. The van der Waals surface area contributed by atoms with Gasteiger partial charge in [0, 0.05) is 36.5 Å². The van der Waals surface area contributed by atoms with E-state index in [1.807, 2.05) is 0 Å². The normalized spacial score (nSPS) is 16.2. The number of rotatable bonds is 4. The highest BCUT2D eigenvalue weighted by Gasteiger charge is 2.60. The van der Waals surface area contributed by atoms with Gasteiger partial charge in [0.05, 0.1) is 0 Å². The van der Waals surface area contributed by atoms with E-state index in [-0.39, 0.29) is 0 Å². The molecular weight excluding hydrogens is 285 g/mol. The molecule has 0 aromatic rings. The maximum Gasteiger partial charge on any atom is 0.0354 e. The Balaban J connectivity index is 5.73. The minimum atomic E-state index is -1.03. The van der Waals surface area contributed by atoms with Crippen LogP contribution >= 0.6 is 0 Å². The fourth-order valence-electron chi connectivity index (χ4n) is 2.66. The topological polar surface area (TPSA) is 0 Å². The molecule has 0 atom stereocenters. The van der Waals surface area contributed by atoms with Crippen LogP contribution in [0.15, 0.2) is 0 Å². The van der Waals surface area contributed by atoms with Crippen LogP contribution in [-0.4, -0.2) is 36.5 Å². The summed E-state index contributed by atoms with van der Waals surface area (Å²) in [5.41, 5.74) is 0. The highest BCUT2D eigenvalue weighted by atomic mass is 29.9. The van der Waals surface area contributed by atoms with Crippen LogP contribution in [0.5, 0.6) is 0 Å². The minimum Gasteiger partial charge on any atom is -0.0735 e. The summed E-state index contributed by atoms with van der Waals surface area (Å²) >= 11 is 0. The van der Waals surface area contributed by atoms with E-state index in [1.165, 1.54) is 0 Å². The lowest BCUT2D eigenvalue weighted by atomic mass is 11.8. The van der Waals surface area contributed by atoms with Gasteiger partial charge in [-0.05, 0) is 0 Å². The van der Waals surface area contributed by atoms with Gasteiger partial charge in [0.1, 0.15) is 0 Å². The van der Waals surface area contributed by atoms with Gasteiger partial charge < -0.3 is 0 Å². The van der Waals surface area contributed by atoms with Crippen LogP contribution in [-0.2, 0) is 0 Å². The Labute approximate surface area is 115 Å². The lowest BCUT2D eigenvalue weighted by Crippen LogP contribution is -2.83. The Morgan fingerprint density at radius 3 is 0.588 bits per heavy atom. The Morgan fingerprint density at radius 2 is 0.471 bits per heavy atom. The summed E-state index contributed by atoms with van der Waals surface area (Å²) in [4.78, 5) is 0. The maximum absolute atomic E-state index is 2.78. The third kappa shape index (κ3) is 2.83. The molecule has 0 unspecified atom stereocenters. The van der Waals surface area contributed by atoms with Crippen LogP contribution in [0.25, 0.3) is 0 Å². The molecule has 104 valence electrons. The molecule has 17 heavy (non-hydrogen) atoms. The third-order valence-electron chi connectivity index (χ3n) is 6.88. The van der Waals surface area contributed by atoms with Crippen LogP contribution in [0.1, 0.15) is 0 Å². The molecule has 0 spiro atoms. The zero-order valence-corrected chi connectivity index (χ0v) is 19.5. The molecule has 0 rings (SSSR count). The van der Waals surface area contributed by atoms with Gasteiger partial charge in [-0.25, -0.2) is 0 Å². The molecule has 0 aliphatic rings. The van der Waals surface area contributed by atoms with Crippen LogP contribution in [0.4, 0.5) is 0 Å². The molecule has 0 saturated carbocycles. The lowest BCUT2D eigenvalue weighted by molar-refractivity contribution is 1.71. The van der Waals surface area contributed by atoms with Crippen LogP contribution < -0.4 is 0 Å². The van der Waals surface area contributed by atoms with E-state index < -0.39 is 36.5 Å². The summed E-state index contributed by atoms with van der Waals surface area (Å²) in [7, 11) is -4.94. The summed E-state index contributed by atoms with van der Waals surface area (Å²) < 4.78 is 0. The van der Waals surface area contributed by atoms with Crippen molar-refractivity contribution in [2.24, 2.45) is 0 Å². The van der Waals surface area contributed by atoms with Crippen molar-refractivity contribution in [2.45, 2.75) is 78.6 Å². The molecule has 0 fully saturated rings. The van der Waals surface area contributed by atoms with Crippen molar-refractivity contribution in [2.75, 3.05) is 0 Å². The smallest absolute Gasteiger partial charge is 0.0354 e. The fraction of sp³-hybridized carbons (Fsp3) is 1.00. The quantitative estimate of drug-likeness (QED) is 0.632. The molecule has 0 aliphatic heterocycles. The molecular formula is C12H36Si5. The highest BCUT2D eigenvalue weighted by Crippen LogP contribution is 2.38. The predicted molar refractivity (Wildman–Crippen MR) is 99.1 cm³/mol. The second-order valence-corrected chi connectivity index (χ2v) is 64.1. The van der Waals surface area contributed by atoms with Gasteiger partial charge in [0.2, 0.25) is 0 Å². The average molecular weight is 321 g/mol. The molecule has 0 heterocycles. The van der Waals surface area contributed by atoms with Crippen molar-refractivity contribution in [3.05, 3.63) is 0 Å². The maximum atomic E-state index is 2.78. The molecule has 0 amide bonds. The van der Waals surface area contributed by atoms with Crippen LogP contribution in [0.2, 0.25) is 78.6 Å². The SMILES string of the molecule is C[Si](C)(C)[Si](C)(C)[Si](C)(C)[Si](C)(C)[Si](C)(C)C. The van der Waals surface area contributed by atoms with Crippen molar-refractivity contribution in [3.8, 4) is 0 Å². The van der Waals surface area contributed by atoms with Gasteiger partial charge in [-0.15, -0.1) is 0 Å². The first kappa shape index (κ1) is 18.1. The van der Waals surface area contributed by atoms with E-state index >= 15 is 0 Å². The van der Waals surface area contributed by atoms with E-state index in [0.717, 1.165) is 0 Å². The summed E-state index contributed by atoms with van der Waals surface area (Å²) in [6.07, 6.45) is 0. The molecule has 0 aromatic carbocycles. The monoisotopic (exact) mass is 320 g/mol. The van der Waals surface area contributed by atoms with Gasteiger partial charge in [0.15, 0.2) is 0 Å². The van der Waals surface area contributed by atoms with Gasteiger partial charge in [-0.3, -0.25) is 0 Å². The van der Waals surface area contributed by atoms with E-state index in [0.29, 0.717) is 0 Å². The Hall–Kier alpha value is 1.08. The largest absolute Gasteiger partial charge is 0.0735 e. The molecule has 5 heteroatoms. The molecule has 0 aromatic heterocycles. The van der Waals surface area contributed by atoms with Crippen molar-refractivity contribution in [3.63, 3.8) is 0 Å². The second kappa shape index (κ2) is 4.57. The summed E-state index contributed by atoms with van der Waals surface area (Å²) in [5.74, 6) is 0. The lowest BCUT2D eigenvalue weighted by Gasteiger charge is -2.58. The van der Waals surface area contributed by atoms with Gasteiger partial charge in [-0.1, -0.05) is 78.6 Å². The van der Waals surface area contributed by atoms with E-state index in [9.17, 15) is 0 Å². The van der Waals surface area contributed by atoms with E-state index in [2.05, 4.69) is 78.6 Å². The van der Waals surface area contributed by atoms with E-state index in [1.54, 1.807) is 0 Å². The summed E-state index contributed by atoms with van der Waals surface area (Å²) in [5, 5.41) is 0. The van der Waals surface area contributed by atoms with Crippen molar-refractivity contribution in [1.82, 2.24) is 0 Å². The average Bonchev–Trinajstić information content (AvgIpc) is 1.98. The molecule has 0 N–H and O–H groups in total. The molecule has 0 nitrogen and oxygen atoms in total. The first-order valence-electron chi connectivity index (χ1n) is 7.00. The number of hydrogen-bond donors (Lipinski definition) is 0. The second-order valence-electron chi connectivity index (χ2n) is 9.38. The fourth-order valence-corrected chi connectivity index (χ4v) is 112. The first-order chi connectivity index (χ1) is 7.00. The molecule has 0 radical (unpaired) electrons. The number of hydrogen-bond acceptors (Lipinski definition) is 0. The van der Waals surface area contributed by atoms with Crippen LogP contribution in [0.3, 0.4) is 0 Å². The zero-order valence-electron chi connectivity index (χ0n) is 14.5. The Kier molecular flexibility index (Phi) is 4.87. The third-order valence-corrected chi connectivity index (χ3v) is 102. The zero-order chi connectivity index (χ0) is 14.5. The highest BCUT2D eigenvalue weighted by molar-refractivity contribution is 7.91. The van der Waals surface area contributed by atoms with Gasteiger partial charge >= 0.3 is 0 Å².